The highest BCUT2D eigenvalue weighted by Gasteiger charge is 2.19. The van der Waals surface area contributed by atoms with Crippen molar-refractivity contribution in [1.82, 2.24) is 4.57 Å². The molecule has 0 spiro atoms. The van der Waals surface area contributed by atoms with Crippen molar-refractivity contribution in [3.05, 3.63) is 52.8 Å². The third kappa shape index (κ3) is 3.88. The van der Waals surface area contributed by atoms with Gasteiger partial charge in [0.25, 0.3) is 5.91 Å². The van der Waals surface area contributed by atoms with Crippen molar-refractivity contribution < 1.29 is 13.2 Å². The van der Waals surface area contributed by atoms with E-state index in [0.717, 1.165) is 15.1 Å². The number of nitrogens with zero attached hydrogens (tertiary/aromatic N) is 2. The first kappa shape index (κ1) is 19.9. The first-order valence-electron chi connectivity index (χ1n) is 8.30. The van der Waals surface area contributed by atoms with E-state index >= 15 is 0 Å². The quantitative estimate of drug-likeness (QED) is 0.601. The molecular formula is C19H20N2O3S3. The van der Waals surface area contributed by atoms with Crippen LogP contribution in [0.5, 0.6) is 0 Å². The lowest BCUT2D eigenvalue weighted by Gasteiger charge is -2.07. The van der Waals surface area contributed by atoms with Gasteiger partial charge in [0.1, 0.15) is 0 Å². The van der Waals surface area contributed by atoms with E-state index in [4.69, 9.17) is 0 Å². The predicted molar refractivity (Wildman–Crippen MR) is 111 cm³/mol. The Kier molecular flexibility index (Phi) is 5.60. The SMILES string of the molecule is CSc1ccc2c(c1)sc(=NC(=O)c1ccc(S(=O)(=O)C(C)C)cc1)n2C. The van der Waals surface area contributed by atoms with Crippen LogP contribution in [0.1, 0.15) is 24.2 Å². The Morgan fingerprint density at radius 1 is 1.15 bits per heavy atom. The van der Waals surface area contributed by atoms with Crippen LogP contribution >= 0.6 is 23.1 Å². The van der Waals surface area contributed by atoms with Crippen molar-refractivity contribution >= 4 is 49.1 Å². The summed E-state index contributed by atoms with van der Waals surface area (Å²) in [6.07, 6.45) is 2.02. The summed E-state index contributed by atoms with van der Waals surface area (Å²) in [5.74, 6) is -0.393. The lowest BCUT2D eigenvalue weighted by molar-refractivity contribution is 0.0998. The molecule has 1 amide bonds. The average molecular weight is 421 g/mol. The number of thioether (sulfide) groups is 1. The number of thiazole rings is 1. The summed E-state index contributed by atoms with van der Waals surface area (Å²) >= 11 is 3.12. The maximum atomic E-state index is 12.5. The number of rotatable bonds is 4. The first-order chi connectivity index (χ1) is 12.7. The number of fused-ring (bicyclic) bond motifs is 1. The van der Waals surface area contributed by atoms with E-state index in [9.17, 15) is 13.2 Å². The highest BCUT2D eigenvalue weighted by molar-refractivity contribution is 7.98. The fraction of sp³-hybridized carbons (Fsp3) is 0.263. The molecule has 1 aromatic heterocycles. The van der Waals surface area contributed by atoms with E-state index in [2.05, 4.69) is 11.1 Å². The van der Waals surface area contributed by atoms with Gasteiger partial charge in [-0.3, -0.25) is 4.79 Å². The van der Waals surface area contributed by atoms with Gasteiger partial charge >= 0.3 is 0 Å². The second-order valence-electron chi connectivity index (χ2n) is 6.31. The summed E-state index contributed by atoms with van der Waals surface area (Å²) < 4.78 is 27.3. The predicted octanol–water partition coefficient (Wildman–Crippen LogP) is 3.88. The number of hydrogen-bond acceptors (Lipinski definition) is 5. The van der Waals surface area contributed by atoms with E-state index in [1.54, 1.807) is 25.6 Å². The van der Waals surface area contributed by atoms with Gasteiger partial charge < -0.3 is 4.57 Å². The third-order valence-corrected chi connectivity index (χ3v) is 8.25. The van der Waals surface area contributed by atoms with E-state index in [1.165, 1.54) is 35.6 Å². The van der Waals surface area contributed by atoms with Gasteiger partial charge in [0, 0.05) is 17.5 Å². The minimum atomic E-state index is -3.35. The minimum Gasteiger partial charge on any atom is -0.319 e. The Morgan fingerprint density at radius 3 is 2.41 bits per heavy atom. The Balaban J connectivity index is 1.97. The van der Waals surface area contributed by atoms with E-state index in [1.807, 2.05) is 30.0 Å². The zero-order valence-corrected chi connectivity index (χ0v) is 17.9. The lowest BCUT2D eigenvalue weighted by atomic mass is 10.2. The lowest BCUT2D eigenvalue weighted by Crippen LogP contribution is -2.15. The van der Waals surface area contributed by atoms with Gasteiger partial charge in [-0.2, -0.15) is 4.99 Å². The Bertz CT molecular complexity index is 1170. The van der Waals surface area contributed by atoms with Crippen LogP contribution in [-0.4, -0.2) is 30.4 Å². The van der Waals surface area contributed by atoms with E-state index < -0.39 is 21.0 Å². The van der Waals surface area contributed by atoms with Gasteiger partial charge in [0.15, 0.2) is 14.6 Å². The van der Waals surface area contributed by atoms with E-state index in [-0.39, 0.29) is 4.90 Å². The zero-order valence-electron chi connectivity index (χ0n) is 15.5. The molecule has 1 heterocycles. The largest absolute Gasteiger partial charge is 0.319 e. The van der Waals surface area contributed by atoms with Gasteiger partial charge in [-0.05, 0) is 62.6 Å². The highest BCUT2D eigenvalue weighted by atomic mass is 32.2. The fourth-order valence-electron chi connectivity index (χ4n) is 2.56. The van der Waals surface area contributed by atoms with Gasteiger partial charge in [0.2, 0.25) is 0 Å². The molecule has 0 saturated carbocycles. The molecule has 0 aliphatic rings. The van der Waals surface area contributed by atoms with Crippen LogP contribution in [0, 0.1) is 0 Å². The van der Waals surface area contributed by atoms with E-state index in [0.29, 0.717) is 10.4 Å². The second kappa shape index (κ2) is 7.61. The monoisotopic (exact) mass is 420 g/mol. The second-order valence-corrected chi connectivity index (χ2v) is 10.7. The summed E-state index contributed by atoms with van der Waals surface area (Å²) in [5.41, 5.74) is 1.38. The molecule has 3 rings (SSSR count). The molecule has 0 bridgehead atoms. The molecule has 0 atom stereocenters. The zero-order chi connectivity index (χ0) is 19.8. The molecule has 5 nitrogen and oxygen atoms in total. The van der Waals surface area contributed by atoms with Crippen LogP contribution < -0.4 is 4.80 Å². The van der Waals surface area contributed by atoms with Crippen molar-refractivity contribution in [2.75, 3.05) is 6.26 Å². The molecule has 0 N–H and O–H groups in total. The molecule has 0 aliphatic heterocycles. The average Bonchev–Trinajstić information content (AvgIpc) is 2.96. The topological polar surface area (TPSA) is 68.5 Å². The maximum absolute atomic E-state index is 12.5. The maximum Gasteiger partial charge on any atom is 0.279 e. The smallest absolute Gasteiger partial charge is 0.279 e. The van der Waals surface area contributed by atoms with Crippen molar-refractivity contribution in [3.63, 3.8) is 0 Å². The Morgan fingerprint density at radius 2 is 1.81 bits per heavy atom. The number of carbonyl (C=O) groups excluding carboxylic acids is 1. The summed E-state index contributed by atoms with van der Waals surface area (Å²) in [4.78, 5) is 18.7. The minimum absolute atomic E-state index is 0.214. The van der Waals surface area contributed by atoms with Crippen molar-refractivity contribution in [1.29, 1.82) is 0 Å². The van der Waals surface area contributed by atoms with Crippen LogP contribution in [0.4, 0.5) is 0 Å². The molecular weight excluding hydrogens is 400 g/mol. The molecule has 0 unspecified atom stereocenters. The van der Waals surface area contributed by atoms with Gasteiger partial charge in [-0.1, -0.05) is 11.3 Å². The number of benzene rings is 2. The van der Waals surface area contributed by atoms with Crippen molar-refractivity contribution in [2.45, 2.75) is 28.9 Å². The van der Waals surface area contributed by atoms with Crippen LogP contribution in [0.15, 0.2) is 57.2 Å². The first-order valence-corrected chi connectivity index (χ1v) is 11.9. The molecule has 27 heavy (non-hydrogen) atoms. The number of aromatic nitrogens is 1. The molecule has 3 aromatic rings. The summed E-state index contributed by atoms with van der Waals surface area (Å²) in [7, 11) is -1.48. The molecule has 0 radical (unpaired) electrons. The fourth-order valence-corrected chi connectivity index (χ4v) is 5.19. The number of aryl methyl sites for hydroxylation is 1. The summed E-state index contributed by atoms with van der Waals surface area (Å²) in [6.45, 7) is 3.27. The Hall–Kier alpha value is -1.90. The van der Waals surface area contributed by atoms with Gasteiger partial charge in [-0.25, -0.2) is 8.42 Å². The number of sulfone groups is 1. The third-order valence-electron chi connectivity index (χ3n) is 4.26. The summed E-state index contributed by atoms with van der Waals surface area (Å²) in [6, 6.07) is 12.1. The van der Waals surface area contributed by atoms with Crippen LogP contribution in [0.3, 0.4) is 0 Å². The van der Waals surface area contributed by atoms with Gasteiger partial charge in [-0.15, -0.1) is 11.8 Å². The number of hydrogen-bond donors (Lipinski definition) is 0. The van der Waals surface area contributed by atoms with Crippen molar-refractivity contribution in [2.24, 2.45) is 12.0 Å². The standard InChI is InChI=1S/C19H20N2O3S3/c1-12(2)27(23,24)15-8-5-13(6-9-15)18(22)20-19-21(3)16-10-7-14(25-4)11-17(16)26-19/h5-12H,1-4H3. The number of amides is 1. The molecule has 0 saturated heterocycles. The molecule has 8 heteroatoms. The molecule has 142 valence electrons. The summed E-state index contributed by atoms with van der Waals surface area (Å²) in [5, 5.41) is -0.507. The Labute approximate surface area is 166 Å². The van der Waals surface area contributed by atoms with Crippen LogP contribution in [-0.2, 0) is 16.9 Å². The van der Waals surface area contributed by atoms with Gasteiger partial charge in [0.05, 0.1) is 20.4 Å². The molecule has 0 aliphatic carbocycles. The normalized spacial score (nSPS) is 12.9. The van der Waals surface area contributed by atoms with Crippen molar-refractivity contribution in [3.8, 4) is 0 Å². The van der Waals surface area contributed by atoms with Crippen LogP contribution in [0.2, 0.25) is 0 Å². The highest BCUT2D eigenvalue weighted by Crippen LogP contribution is 2.23. The molecule has 2 aromatic carbocycles. The molecule has 0 fully saturated rings. The van der Waals surface area contributed by atoms with Crippen LogP contribution in [0.25, 0.3) is 10.2 Å². The number of carbonyl (C=O) groups is 1.